The molecule has 2 heterocycles. The first kappa shape index (κ1) is 13.4. The molecule has 2 N–H and O–H groups in total. The first-order valence-electron chi connectivity index (χ1n) is 6.78. The van der Waals surface area contributed by atoms with Gasteiger partial charge < -0.3 is 5.32 Å². The van der Waals surface area contributed by atoms with E-state index in [1.165, 1.54) is 11.8 Å². The Morgan fingerprint density at radius 3 is 3.00 bits per heavy atom. The topological polar surface area (TPSA) is 75.6 Å². The van der Waals surface area contributed by atoms with Gasteiger partial charge in [0.05, 0.1) is 0 Å². The summed E-state index contributed by atoms with van der Waals surface area (Å²) in [4.78, 5) is 16.1. The predicted octanol–water partition coefficient (Wildman–Crippen LogP) is 1.56. The Kier molecular flexibility index (Phi) is 3.88. The predicted molar refractivity (Wildman–Crippen MR) is 76.9 cm³/mol. The average Bonchev–Trinajstić information content (AvgIpc) is 3.23. The molecule has 0 spiro atoms. The number of rotatable bonds is 6. The van der Waals surface area contributed by atoms with Gasteiger partial charge in [-0.2, -0.15) is 0 Å². The smallest absolute Gasteiger partial charge is 0.313 e. The minimum Gasteiger partial charge on any atom is -0.313 e. The molecule has 106 valence electrons. The third kappa shape index (κ3) is 2.94. The van der Waals surface area contributed by atoms with Crippen molar-refractivity contribution in [3.05, 3.63) is 34.4 Å². The Morgan fingerprint density at radius 1 is 1.50 bits per heavy atom. The third-order valence-corrected chi connectivity index (χ3v) is 4.08. The second kappa shape index (κ2) is 5.80. The minimum atomic E-state index is -0.126. The van der Waals surface area contributed by atoms with E-state index in [2.05, 4.69) is 27.4 Å². The number of aromatic amines is 1. The summed E-state index contributed by atoms with van der Waals surface area (Å²) in [5.41, 5.74) is 1.02. The third-order valence-electron chi connectivity index (χ3n) is 3.16. The Bertz CT molecular complexity index is 629. The van der Waals surface area contributed by atoms with Crippen LogP contribution in [0.3, 0.4) is 0 Å². The van der Waals surface area contributed by atoms with Crippen molar-refractivity contribution >= 4 is 11.8 Å². The summed E-state index contributed by atoms with van der Waals surface area (Å²) in [6.07, 6.45) is 3.97. The Morgan fingerprint density at radius 2 is 2.35 bits per heavy atom. The van der Waals surface area contributed by atoms with E-state index in [0.29, 0.717) is 11.2 Å². The number of hydrogen-bond donors (Lipinski definition) is 2. The van der Waals surface area contributed by atoms with Crippen molar-refractivity contribution in [3.63, 3.8) is 0 Å². The zero-order valence-corrected chi connectivity index (χ0v) is 12.1. The van der Waals surface area contributed by atoms with E-state index in [1.807, 2.05) is 18.3 Å². The zero-order chi connectivity index (χ0) is 13.9. The summed E-state index contributed by atoms with van der Waals surface area (Å²) in [7, 11) is 0. The molecule has 1 fully saturated rings. The average molecular weight is 291 g/mol. The number of nitrogens with one attached hydrogen (secondary N) is 2. The Labute approximate surface area is 121 Å². The van der Waals surface area contributed by atoms with Crippen LogP contribution in [0.25, 0.3) is 0 Å². The molecule has 0 bridgehead atoms. The van der Waals surface area contributed by atoms with Gasteiger partial charge in [0.2, 0.25) is 0 Å². The number of nitrogens with zero attached hydrogens (tertiary/aromatic N) is 3. The molecule has 0 unspecified atom stereocenters. The maximum atomic E-state index is 11.7. The highest BCUT2D eigenvalue weighted by Crippen LogP contribution is 2.37. The van der Waals surface area contributed by atoms with Crippen molar-refractivity contribution in [2.24, 2.45) is 0 Å². The summed E-state index contributed by atoms with van der Waals surface area (Å²) < 4.78 is 1.74. The molecule has 7 heteroatoms. The van der Waals surface area contributed by atoms with Crippen LogP contribution in [-0.2, 0) is 6.54 Å². The van der Waals surface area contributed by atoms with E-state index in [4.69, 9.17) is 0 Å². The second-order valence-corrected chi connectivity index (χ2v) is 5.79. The summed E-state index contributed by atoms with van der Waals surface area (Å²) in [5.74, 6) is 0. The molecule has 0 radical (unpaired) electrons. The number of H-pyrrole nitrogens is 1. The highest BCUT2D eigenvalue weighted by Gasteiger charge is 2.28. The van der Waals surface area contributed by atoms with E-state index in [9.17, 15) is 4.79 Å². The molecule has 0 amide bonds. The van der Waals surface area contributed by atoms with Gasteiger partial charge >= 0.3 is 5.69 Å². The van der Waals surface area contributed by atoms with Crippen molar-refractivity contribution in [1.29, 1.82) is 0 Å². The molecule has 0 aliphatic heterocycles. The molecule has 0 atom stereocenters. The van der Waals surface area contributed by atoms with Crippen molar-refractivity contribution in [1.82, 2.24) is 25.1 Å². The minimum absolute atomic E-state index is 0.126. The fourth-order valence-electron chi connectivity index (χ4n) is 1.96. The van der Waals surface area contributed by atoms with Crippen LogP contribution in [0.5, 0.6) is 0 Å². The van der Waals surface area contributed by atoms with Crippen LogP contribution < -0.4 is 11.0 Å². The zero-order valence-electron chi connectivity index (χ0n) is 11.3. The molecular weight excluding hydrogens is 274 g/mol. The highest BCUT2D eigenvalue weighted by atomic mass is 32.2. The van der Waals surface area contributed by atoms with Crippen LogP contribution in [0.15, 0.2) is 33.3 Å². The van der Waals surface area contributed by atoms with Gasteiger partial charge in [0.25, 0.3) is 0 Å². The summed E-state index contributed by atoms with van der Waals surface area (Å²) in [6.45, 7) is 3.84. The second-order valence-electron chi connectivity index (χ2n) is 4.80. The molecule has 20 heavy (non-hydrogen) atoms. The van der Waals surface area contributed by atoms with Crippen LogP contribution in [0.2, 0.25) is 0 Å². The lowest BCUT2D eigenvalue weighted by molar-refractivity contribution is 0.642. The molecule has 3 rings (SSSR count). The number of hydrogen-bond acceptors (Lipinski definition) is 5. The van der Waals surface area contributed by atoms with Crippen molar-refractivity contribution in [2.45, 2.75) is 42.5 Å². The van der Waals surface area contributed by atoms with Crippen molar-refractivity contribution in [2.75, 3.05) is 6.54 Å². The van der Waals surface area contributed by atoms with E-state index < -0.39 is 0 Å². The van der Waals surface area contributed by atoms with Crippen LogP contribution in [0.4, 0.5) is 0 Å². The largest absolute Gasteiger partial charge is 0.344 e. The van der Waals surface area contributed by atoms with Crippen LogP contribution in [0.1, 0.15) is 31.4 Å². The van der Waals surface area contributed by atoms with Gasteiger partial charge in [0.15, 0.2) is 5.16 Å². The van der Waals surface area contributed by atoms with Crippen molar-refractivity contribution in [3.8, 4) is 0 Å². The maximum absolute atomic E-state index is 11.7. The molecule has 2 aromatic heterocycles. The number of aromatic nitrogens is 4. The maximum Gasteiger partial charge on any atom is 0.344 e. The lowest BCUT2D eigenvalue weighted by Gasteiger charge is -2.04. The lowest BCUT2D eigenvalue weighted by atomic mass is 10.3. The van der Waals surface area contributed by atoms with Gasteiger partial charge in [-0.3, -0.25) is 4.57 Å². The standard InChI is InChI=1S/C13H17N5OS/c1-2-14-7-9-3-6-11(15-8-9)20-13-17-16-12(19)18(13)10-4-5-10/h3,6,8,10,14H,2,4-5,7H2,1H3,(H,16,19). The van der Waals surface area contributed by atoms with Gasteiger partial charge in [-0.15, -0.1) is 5.10 Å². The molecule has 1 aliphatic rings. The fourth-order valence-corrected chi connectivity index (χ4v) is 2.81. The van der Waals surface area contributed by atoms with Gasteiger partial charge in [-0.05, 0) is 42.8 Å². The molecule has 0 saturated heterocycles. The summed E-state index contributed by atoms with van der Waals surface area (Å²) in [6, 6.07) is 4.33. The summed E-state index contributed by atoms with van der Waals surface area (Å²) >= 11 is 1.43. The van der Waals surface area contributed by atoms with Gasteiger partial charge in [0.1, 0.15) is 5.03 Å². The van der Waals surface area contributed by atoms with Crippen LogP contribution in [0, 0.1) is 0 Å². The van der Waals surface area contributed by atoms with Crippen LogP contribution >= 0.6 is 11.8 Å². The monoisotopic (exact) mass is 291 g/mol. The van der Waals surface area contributed by atoms with Gasteiger partial charge in [-0.25, -0.2) is 14.9 Å². The normalized spacial score (nSPS) is 14.7. The van der Waals surface area contributed by atoms with Gasteiger partial charge in [0, 0.05) is 18.8 Å². The van der Waals surface area contributed by atoms with E-state index in [0.717, 1.165) is 36.5 Å². The van der Waals surface area contributed by atoms with Crippen molar-refractivity contribution < 1.29 is 0 Å². The highest BCUT2D eigenvalue weighted by molar-refractivity contribution is 7.99. The molecule has 2 aromatic rings. The quantitative estimate of drug-likeness (QED) is 0.845. The molecule has 1 saturated carbocycles. The fraction of sp³-hybridized carbons (Fsp3) is 0.462. The first-order valence-corrected chi connectivity index (χ1v) is 7.60. The lowest BCUT2D eigenvalue weighted by Crippen LogP contribution is -2.16. The Hall–Kier alpha value is -1.60. The summed E-state index contributed by atoms with van der Waals surface area (Å²) in [5, 5.41) is 11.4. The SMILES string of the molecule is CCNCc1ccc(Sc2n[nH]c(=O)n2C2CC2)nc1. The Balaban J connectivity index is 1.73. The van der Waals surface area contributed by atoms with Gasteiger partial charge in [-0.1, -0.05) is 13.0 Å². The van der Waals surface area contributed by atoms with E-state index >= 15 is 0 Å². The molecule has 6 nitrogen and oxygen atoms in total. The molecular formula is C13H17N5OS. The molecule has 0 aromatic carbocycles. The first-order chi connectivity index (χ1) is 9.78. The van der Waals surface area contributed by atoms with Crippen LogP contribution in [-0.4, -0.2) is 26.3 Å². The van der Waals surface area contributed by atoms with E-state index in [1.54, 1.807) is 4.57 Å². The number of pyridine rings is 1. The van der Waals surface area contributed by atoms with E-state index in [-0.39, 0.29) is 5.69 Å². The molecule has 1 aliphatic carbocycles.